The van der Waals surface area contributed by atoms with Crippen molar-refractivity contribution in [3.63, 3.8) is 0 Å². The van der Waals surface area contributed by atoms with Crippen molar-refractivity contribution in [2.75, 3.05) is 6.61 Å². The van der Waals surface area contributed by atoms with Gasteiger partial charge in [0, 0.05) is 18.2 Å². The number of H-pyrrole nitrogens is 1. The first-order valence-corrected chi connectivity index (χ1v) is 12.6. The van der Waals surface area contributed by atoms with E-state index in [4.69, 9.17) is 18.5 Å². The van der Waals surface area contributed by atoms with Crippen LogP contribution in [-0.4, -0.2) is 46.5 Å². The summed E-state index contributed by atoms with van der Waals surface area (Å²) in [6.45, 7) is 5.91. The van der Waals surface area contributed by atoms with Crippen molar-refractivity contribution < 1.29 is 32.3 Å². The van der Waals surface area contributed by atoms with Crippen LogP contribution in [0.2, 0.25) is 0 Å². The highest BCUT2D eigenvalue weighted by molar-refractivity contribution is 7.52. The Hall–Kier alpha value is -2.79. The number of nitrogens with zero attached hydrogens (tertiary/aromatic N) is 1. The molecule has 0 radical (unpaired) electrons. The van der Waals surface area contributed by atoms with Gasteiger partial charge in [-0.2, -0.15) is 5.09 Å². The summed E-state index contributed by atoms with van der Waals surface area (Å²) in [6.07, 6.45) is -3.10. The van der Waals surface area contributed by atoms with E-state index in [0.29, 0.717) is 0 Å². The number of aryl methyl sites for hydroxylation is 1. The second kappa shape index (κ2) is 11.3. The van der Waals surface area contributed by atoms with Crippen LogP contribution in [0.4, 0.5) is 4.39 Å². The number of carbonyl (C=O) groups excluding carboxylic acids is 1. The maximum absolute atomic E-state index is 14.7. The van der Waals surface area contributed by atoms with Crippen LogP contribution in [0.25, 0.3) is 0 Å². The zero-order chi connectivity index (χ0) is 25.8. The van der Waals surface area contributed by atoms with Crippen LogP contribution in [0.5, 0.6) is 5.75 Å². The molecular formula is C22H29FN3O8P. The lowest BCUT2D eigenvalue weighted by molar-refractivity contribution is -0.149. The van der Waals surface area contributed by atoms with Gasteiger partial charge in [-0.15, -0.1) is 0 Å². The summed E-state index contributed by atoms with van der Waals surface area (Å²) in [7, 11) is -4.15. The highest BCUT2D eigenvalue weighted by Gasteiger charge is 2.40. The van der Waals surface area contributed by atoms with E-state index in [1.165, 1.54) is 20.0 Å². The number of hydrogen-bond acceptors (Lipinski definition) is 8. The minimum Gasteiger partial charge on any atom is -0.462 e. The zero-order valence-corrected chi connectivity index (χ0v) is 20.7. The molecule has 0 amide bonds. The molecule has 1 aliphatic heterocycles. The number of rotatable bonds is 10. The minimum absolute atomic E-state index is 0.161. The summed E-state index contributed by atoms with van der Waals surface area (Å²) < 4.78 is 51.0. The van der Waals surface area contributed by atoms with Crippen LogP contribution in [0.1, 0.15) is 39.0 Å². The molecule has 2 aromatic rings. The van der Waals surface area contributed by atoms with Crippen LogP contribution in [0.15, 0.2) is 46.1 Å². The van der Waals surface area contributed by atoms with E-state index in [2.05, 4.69) is 10.1 Å². The molecule has 3 rings (SSSR count). The fourth-order valence-electron chi connectivity index (χ4n) is 3.34. The number of esters is 1. The monoisotopic (exact) mass is 513 g/mol. The minimum atomic E-state index is -4.15. The number of benzene rings is 1. The van der Waals surface area contributed by atoms with E-state index < -0.39 is 49.5 Å². The first kappa shape index (κ1) is 26.8. The molecule has 192 valence electrons. The van der Waals surface area contributed by atoms with Crippen molar-refractivity contribution in [2.45, 2.75) is 64.8 Å². The number of ether oxygens (including phenoxy) is 2. The molecule has 35 heavy (non-hydrogen) atoms. The summed E-state index contributed by atoms with van der Waals surface area (Å²) in [5.41, 5.74) is -1.17. The summed E-state index contributed by atoms with van der Waals surface area (Å²) in [5.74, 6) is -0.439. The average Bonchev–Trinajstić information content (AvgIpc) is 3.15. The van der Waals surface area contributed by atoms with Gasteiger partial charge in [0.05, 0.1) is 18.8 Å². The molecule has 13 heteroatoms. The lowest BCUT2D eigenvalue weighted by Crippen LogP contribution is -2.37. The van der Waals surface area contributed by atoms with Gasteiger partial charge in [0.15, 0.2) is 6.23 Å². The van der Waals surface area contributed by atoms with Gasteiger partial charge in [-0.25, -0.2) is 13.8 Å². The number of para-hydroxylation sites is 1. The van der Waals surface area contributed by atoms with E-state index in [1.807, 2.05) is 0 Å². The van der Waals surface area contributed by atoms with Crippen LogP contribution in [-0.2, 0) is 23.4 Å². The van der Waals surface area contributed by atoms with Gasteiger partial charge in [0.25, 0.3) is 5.56 Å². The number of alkyl halides is 1. The number of nitrogens with one attached hydrogen (secondary N) is 2. The molecule has 1 aromatic heterocycles. The Balaban J connectivity index is 1.72. The number of aromatic nitrogens is 2. The first-order valence-electron chi connectivity index (χ1n) is 11.1. The molecule has 11 nitrogen and oxygen atoms in total. The predicted octanol–water partition coefficient (Wildman–Crippen LogP) is 2.60. The lowest BCUT2D eigenvalue weighted by Gasteiger charge is -2.24. The van der Waals surface area contributed by atoms with Gasteiger partial charge in [-0.1, -0.05) is 18.2 Å². The Morgan fingerprint density at radius 2 is 1.97 bits per heavy atom. The fraction of sp³-hybridized carbons (Fsp3) is 0.500. The Labute approximate surface area is 201 Å². The van der Waals surface area contributed by atoms with Crippen molar-refractivity contribution in [3.8, 4) is 5.75 Å². The molecule has 1 aliphatic rings. The zero-order valence-electron chi connectivity index (χ0n) is 19.8. The highest BCUT2D eigenvalue weighted by Crippen LogP contribution is 2.46. The number of carbonyl (C=O) groups is 1. The molecule has 0 saturated carbocycles. The third-order valence-electron chi connectivity index (χ3n) is 5.01. The van der Waals surface area contributed by atoms with Crippen LogP contribution in [0.3, 0.4) is 0 Å². The smallest absolute Gasteiger partial charge is 0.459 e. The molecule has 0 spiro atoms. The molecule has 1 fully saturated rings. The molecular weight excluding hydrogens is 484 g/mol. The second-order valence-corrected chi connectivity index (χ2v) is 10.1. The standard InChI is InChI=1S/C22H29FN3O8P/c1-13(2)32-21(28)15(4)25-35(30,34-16-8-6-5-7-9-16)31-12-17-10-18(23)20(33-17)26-11-14(3)19(27)24-22(26)29/h5-9,11,13,15,17-18,20H,10,12H2,1-4H3,(H,25,30)(H,24,27,29)/t15-,17?,18?,20?,35?/m0/s1. The fourth-order valence-corrected chi connectivity index (χ4v) is 4.86. The maximum atomic E-state index is 14.7. The van der Waals surface area contributed by atoms with Crippen molar-refractivity contribution in [3.05, 3.63) is 62.9 Å². The van der Waals surface area contributed by atoms with E-state index >= 15 is 0 Å². The quantitative estimate of drug-likeness (QED) is 0.363. The van der Waals surface area contributed by atoms with Gasteiger partial charge in [0.1, 0.15) is 18.0 Å². The Morgan fingerprint density at radius 1 is 1.29 bits per heavy atom. The predicted molar refractivity (Wildman–Crippen MR) is 124 cm³/mol. The third kappa shape index (κ3) is 7.11. The van der Waals surface area contributed by atoms with Crippen LogP contribution < -0.4 is 20.9 Å². The topological polar surface area (TPSA) is 138 Å². The molecule has 2 N–H and O–H groups in total. The lowest BCUT2D eigenvalue weighted by atomic mass is 10.2. The summed E-state index contributed by atoms with van der Waals surface area (Å²) in [6, 6.07) is 7.14. The largest absolute Gasteiger partial charge is 0.462 e. The van der Waals surface area contributed by atoms with E-state index in [9.17, 15) is 23.3 Å². The Morgan fingerprint density at radius 3 is 2.63 bits per heavy atom. The highest BCUT2D eigenvalue weighted by atomic mass is 31.2. The molecule has 5 atom stereocenters. The summed E-state index contributed by atoms with van der Waals surface area (Å²) in [4.78, 5) is 38.1. The summed E-state index contributed by atoms with van der Waals surface area (Å²) in [5, 5.41) is 2.54. The molecule has 4 unspecified atom stereocenters. The van der Waals surface area contributed by atoms with Crippen molar-refractivity contribution in [2.24, 2.45) is 0 Å². The molecule has 1 saturated heterocycles. The van der Waals surface area contributed by atoms with Gasteiger partial charge in [0.2, 0.25) is 0 Å². The number of halogens is 1. The van der Waals surface area contributed by atoms with Crippen molar-refractivity contribution in [1.82, 2.24) is 14.6 Å². The molecule has 0 aliphatic carbocycles. The van der Waals surface area contributed by atoms with Gasteiger partial charge >= 0.3 is 19.4 Å². The van der Waals surface area contributed by atoms with Gasteiger partial charge < -0.3 is 14.0 Å². The Bertz CT molecular complexity index is 1190. The van der Waals surface area contributed by atoms with Crippen LogP contribution >= 0.6 is 7.75 Å². The van der Waals surface area contributed by atoms with Crippen LogP contribution in [0, 0.1) is 6.92 Å². The van der Waals surface area contributed by atoms with E-state index in [0.717, 1.165) is 4.57 Å². The first-order chi connectivity index (χ1) is 16.5. The van der Waals surface area contributed by atoms with Crippen molar-refractivity contribution >= 4 is 13.7 Å². The molecule has 1 aromatic carbocycles. The third-order valence-corrected chi connectivity index (χ3v) is 6.65. The maximum Gasteiger partial charge on any atom is 0.459 e. The number of hydrogen-bond donors (Lipinski definition) is 2. The second-order valence-electron chi connectivity index (χ2n) is 8.41. The molecule has 0 bridgehead atoms. The SMILES string of the molecule is Cc1cn(C2OC(COP(=O)(N[C@@H](C)C(=O)OC(C)C)Oc3ccccc3)CC2F)c(=O)[nH]c1=O. The van der Waals surface area contributed by atoms with E-state index in [-0.39, 0.29) is 30.4 Å². The number of aromatic amines is 1. The normalized spacial score (nSPS) is 22.5. The van der Waals surface area contributed by atoms with Gasteiger partial charge in [-0.05, 0) is 39.8 Å². The van der Waals surface area contributed by atoms with Crippen molar-refractivity contribution in [1.29, 1.82) is 0 Å². The van der Waals surface area contributed by atoms with E-state index in [1.54, 1.807) is 44.2 Å². The average molecular weight is 513 g/mol. The molecule has 2 heterocycles. The Kier molecular flexibility index (Phi) is 8.65. The van der Waals surface area contributed by atoms with Gasteiger partial charge in [-0.3, -0.25) is 23.7 Å². The summed E-state index contributed by atoms with van der Waals surface area (Å²) >= 11 is 0.